The van der Waals surface area contributed by atoms with Crippen LogP contribution in [-0.4, -0.2) is 19.1 Å². The van der Waals surface area contributed by atoms with E-state index in [4.69, 9.17) is 0 Å². The summed E-state index contributed by atoms with van der Waals surface area (Å²) in [5.74, 6) is 0. The standard InChI is InChI=1S/C9H9NO4S/c1-7(15(12,13)14)8-3-2-4-9(5-8)10-6-11/h2-5,7H,1H3,(H,12,13,14)/p-1. The molecule has 1 unspecified atom stereocenters. The minimum Gasteiger partial charge on any atom is -0.747 e. The van der Waals surface area contributed by atoms with Crippen molar-refractivity contribution in [2.75, 3.05) is 0 Å². The highest BCUT2D eigenvalue weighted by molar-refractivity contribution is 7.85. The van der Waals surface area contributed by atoms with E-state index >= 15 is 0 Å². The summed E-state index contributed by atoms with van der Waals surface area (Å²) in [6.45, 7) is 1.28. The minimum absolute atomic E-state index is 0.276. The van der Waals surface area contributed by atoms with Crippen LogP contribution < -0.4 is 0 Å². The second-order valence-electron chi connectivity index (χ2n) is 2.93. The number of nitrogens with zero attached hydrogens (tertiary/aromatic N) is 1. The Morgan fingerprint density at radius 2 is 2.13 bits per heavy atom. The third-order valence-corrected chi connectivity index (χ3v) is 3.09. The number of aliphatic imine (C=N–C) groups is 1. The Labute approximate surface area is 87.2 Å². The van der Waals surface area contributed by atoms with E-state index in [2.05, 4.69) is 4.99 Å². The molecule has 0 aliphatic carbocycles. The molecule has 0 heterocycles. The smallest absolute Gasteiger partial charge is 0.240 e. The molecule has 0 amide bonds. The summed E-state index contributed by atoms with van der Waals surface area (Å²) in [5, 5.41) is -1.15. The van der Waals surface area contributed by atoms with Gasteiger partial charge in [-0.2, -0.15) is 4.99 Å². The van der Waals surface area contributed by atoms with Crippen LogP contribution in [0.1, 0.15) is 17.7 Å². The fourth-order valence-corrected chi connectivity index (χ4v) is 1.55. The lowest BCUT2D eigenvalue weighted by molar-refractivity contribution is 0.452. The van der Waals surface area contributed by atoms with E-state index in [1.165, 1.54) is 37.3 Å². The van der Waals surface area contributed by atoms with Crippen LogP contribution in [0.5, 0.6) is 0 Å². The summed E-state index contributed by atoms with van der Waals surface area (Å²) < 4.78 is 32.2. The van der Waals surface area contributed by atoms with Gasteiger partial charge in [0.25, 0.3) is 0 Å². The lowest BCUT2D eigenvalue weighted by Gasteiger charge is -2.16. The van der Waals surface area contributed by atoms with Gasteiger partial charge in [-0.1, -0.05) is 12.1 Å². The first kappa shape index (κ1) is 11.6. The first-order valence-electron chi connectivity index (χ1n) is 4.07. The van der Waals surface area contributed by atoms with Gasteiger partial charge in [0.1, 0.15) is 10.1 Å². The van der Waals surface area contributed by atoms with Gasteiger partial charge in [-0.3, -0.25) is 0 Å². The van der Waals surface area contributed by atoms with E-state index in [1.807, 2.05) is 0 Å². The summed E-state index contributed by atoms with van der Waals surface area (Å²) in [7, 11) is -4.38. The summed E-state index contributed by atoms with van der Waals surface area (Å²) in [4.78, 5) is 13.3. The molecule has 0 bridgehead atoms. The van der Waals surface area contributed by atoms with Gasteiger partial charge in [0.2, 0.25) is 6.08 Å². The highest BCUT2D eigenvalue weighted by atomic mass is 32.2. The van der Waals surface area contributed by atoms with Crippen LogP contribution in [0.2, 0.25) is 0 Å². The molecule has 0 radical (unpaired) electrons. The third kappa shape index (κ3) is 2.99. The Bertz CT molecular complexity index is 503. The number of isocyanates is 1. The van der Waals surface area contributed by atoms with Crippen molar-refractivity contribution >= 4 is 21.9 Å². The van der Waals surface area contributed by atoms with Crippen LogP contribution in [0.4, 0.5) is 5.69 Å². The Morgan fingerprint density at radius 3 is 2.67 bits per heavy atom. The minimum atomic E-state index is -4.38. The van der Waals surface area contributed by atoms with Gasteiger partial charge in [-0.15, -0.1) is 0 Å². The monoisotopic (exact) mass is 226 g/mol. The molecule has 0 saturated heterocycles. The summed E-state index contributed by atoms with van der Waals surface area (Å²) in [6.07, 6.45) is 1.34. The number of benzene rings is 1. The molecule has 0 N–H and O–H groups in total. The highest BCUT2D eigenvalue weighted by Gasteiger charge is 2.12. The lowest BCUT2D eigenvalue weighted by atomic mass is 10.1. The largest absolute Gasteiger partial charge is 0.747 e. The van der Waals surface area contributed by atoms with E-state index in [0.717, 1.165) is 0 Å². The molecule has 80 valence electrons. The molecule has 1 aromatic carbocycles. The van der Waals surface area contributed by atoms with Gasteiger partial charge in [0, 0.05) is 0 Å². The van der Waals surface area contributed by atoms with E-state index in [9.17, 15) is 17.8 Å². The first-order valence-corrected chi connectivity index (χ1v) is 5.55. The van der Waals surface area contributed by atoms with Crippen LogP contribution >= 0.6 is 0 Å². The predicted octanol–water partition coefficient (Wildman–Crippen LogP) is 1.26. The van der Waals surface area contributed by atoms with E-state index < -0.39 is 15.4 Å². The molecule has 0 saturated carbocycles. The normalized spacial score (nSPS) is 12.9. The molecule has 0 aliphatic heterocycles. The Morgan fingerprint density at radius 1 is 1.47 bits per heavy atom. The van der Waals surface area contributed by atoms with Gasteiger partial charge < -0.3 is 4.55 Å². The molecule has 5 nitrogen and oxygen atoms in total. The van der Waals surface area contributed by atoms with Crippen molar-refractivity contribution in [3.05, 3.63) is 29.8 Å². The van der Waals surface area contributed by atoms with Crippen molar-refractivity contribution in [3.8, 4) is 0 Å². The quantitative estimate of drug-likeness (QED) is 0.441. The first-order chi connectivity index (χ1) is 6.95. The maximum atomic E-state index is 10.7. The Hall–Kier alpha value is -1.49. The van der Waals surface area contributed by atoms with Crippen molar-refractivity contribution in [2.24, 2.45) is 4.99 Å². The van der Waals surface area contributed by atoms with Crippen molar-refractivity contribution in [1.82, 2.24) is 0 Å². The number of hydrogen-bond acceptors (Lipinski definition) is 5. The van der Waals surface area contributed by atoms with Gasteiger partial charge in [-0.05, 0) is 24.6 Å². The summed E-state index contributed by atoms with van der Waals surface area (Å²) in [5.41, 5.74) is 0.583. The Kier molecular flexibility index (Phi) is 3.36. The maximum Gasteiger partial charge on any atom is 0.240 e. The average molecular weight is 226 g/mol. The number of hydrogen-bond donors (Lipinski definition) is 0. The van der Waals surface area contributed by atoms with Gasteiger partial charge in [0.05, 0.1) is 10.9 Å². The number of rotatable bonds is 3. The van der Waals surface area contributed by atoms with Crippen LogP contribution in [0.15, 0.2) is 29.3 Å². The van der Waals surface area contributed by atoms with Crippen LogP contribution in [0.25, 0.3) is 0 Å². The molecule has 0 aromatic heterocycles. The second kappa shape index (κ2) is 4.35. The van der Waals surface area contributed by atoms with E-state index in [0.29, 0.717) is 5.56 Å². The zero-order valence-corrected chi connectivity index (χ0v) is 8.69. The zero-order valence-electron chi connectivity index (χ0n) is 7.88. The van der Waals surface area contributed by atoms with Crippen molar-refractivity contribution < 1.29 is 17.8 Å². The van der Waals surface area contributed by atoms with E-state index in [1.54, 1.807) is 0 Å². The van der Waals surface area contributed by atoms with Gasteiger partial charge >= 0.3 is 0 Å². The molecule has 6 heteroatoms. The molecule has 0 fully saturated rings. The fraction of sp³-hybridized carbons (Fsp3) is 0.222. The van der Waals surface area contributed by atoms with Crippen molar-refractivity contribution in [1.29, 1.82) is 0 Å². The van der Waals surface area contributed by atoms with Crippen molar-refractivity contribution in [3.63, 3.8) is 0 Å². The van der Waals surface area contributed by atoms with Crippen LogP contribution in [0.3, 0.4) is 0 Å². The maximum absolute atomic E-state index is 10.7. The molecular formula is C9H8NO4S-. The molecule has 1 aromatic rings. The molecule has 1 rings (SSSR count). The van der Waals surface area contributed by atoms with Gasteiger partial charge in [-0.25, -0.2) is 13.2 Å². The zero-order chi connectivity index (χ0) is 11.5. The molecule has 1 atom stereocenters. The topological polar surface area (TPSA) is 86.6 Å². The Balaban J connectivity index is 3.16. The summed E-state index contributed by atoms with van der Waals surface area (Å²) >= 11 is 0. The lowest BCUT2D eigenvalue weighted by Crippen LogP contribution is -2.08. The van der Waals surface area contributed by atoms with Gasteiger partial charge in [0.15, 0.2) is 0 Å². The van der Waals surface area contributed by atoms with Crippen LogP contribution in [0, 0.1) is 0 Å². The number of carbonyl (C=O) groups excluding carboxylic acids is 1. The second-order valence-corrected chi connectivity index (χ2v) is 4.63. The van der Waals surface area contributed by atoms with E-state index in [-0.39, 0.29) is 5.69 Å². The van der Waals surface area contributed by atoms with Crippen LogP contribution in [-0.2, 0) is 14.9 Å². The van der Waals surface area contributed by atoms with Crippen molar-refractivity contribution in [2.45, 2.75) is 12.2 Å². The molecule has 0 aliphatic rings. The fourth-order valence-electron chi connectivity index (χ4n) is 1.07. The summed E-state index contributed by atoms with van der Waals surface area (Å²) in [6, 6.07) is 5.89. The predicted molar refractivity (Wildman–Crippen MR) is 52.3 cm³/mol. The average Bonchev–Trinajstić information content (AvgIpc) is 2.16. The SMILES string of the molecule is CC(c1cccc(N=C=O)c1)S(=O)(=O)[O-]. The molecular weight excluding hydrogens is 218 g/mol. The third-order valence-electron chi connectivity index (χ3n) is 1.95. The highest BCUT2D eigenvalue weighted by Crippen LogP contribution is 2.24. The molecule has 0 spiro atoms. The molecule has 15 heavy (non-hydrogen) atoms.